The van der Waals surface area contributed by atoms with Gasteiger partial charge in [0.25, 0.3) is 0 Å². The summed E-state index contributed by atoms with van der Waals surface area (Å²) in [5, 5.41) is 18.9. The van der Waals surface area contributed by atoms with Crippen molar-refractivity contribution in [3.05, 3.63) is 27.7 Å². The standard InChI is InChI=1S/C14H16Cl2O5.C4H10O2S/c1-19-13-9(16)3-2-8(15)12(13)14(18)21-7-5-11-10(17)4-6-20-11;1-4(2,5)6-7-3/h2-3,10-11,17H,4-7H2,1H3;5H,1-3H3. The number of rotatable bonds is 7. The van der Waals surface area contributed by atoms with E-state index in [2.05, 4.69) is 0 Å². The molecule has 2 atom stereocenters. The summed E-state index contributed by atoms with van der Waals surface area (Å²) in [6.07, 6.45) is 1.99. The summed E-state index contributed by atoms with van der Waals surface area (Å²) in [5.41, 5.74) is 0.0968. The first-order chi connectivity index (χ1) is 13.1. The van der Waals surface area contributed by atoms with Crippen LogP contribution in [0.4, 0.5) is 0 Å². The van der Waals surface area contributed by atoms with E-state index in [1.807, 2.05) is 0 Å². The van der Waals surface area contributed by atoms with E-state index < -0.39 is 17.9 Å². The van der Waals surface area contributed by atoms with Crippen molar-refractivity contribution in [1.29, 1.82) is 0 Å². The molecule has 1 saturated heterocycles. The van der Waals surface area contributed by atoms with E-state index in [0.717, 1.165) is 12.0 Å². The number of aliphatic hydroxyl groups is 2. The molecule has 0 bridgehead atoms. The summed E-state index contributed by atoms with van der Waals surface area (Å²) in [4.78, 5) is 12.1. The van der Waals surface area contributed by atoms with Gasteiger partial charge in [0, 0.05) is 19.3 Å². The quantitative estimate of drug-likeness (QED) is 0.364. The number of halogens is 2. The minimum atomic E-state index is -0.987. The molecular weight excluding hydrogens is 431 g/mol. The van der Waals surface area contributed by atoms with Gasteiger partial charge in [-0.2, -0.15) is 0 Å². The smallest absolute Gasteiger partial charge is 0.343 e. The lowest BCUT2D eigenvalue weighted by Crippen LogP contribution is -2.23. The van der Waals surface area contributed by atoms with Crippen molar-refractivity contribution in [1.82, 2.24) is 0 Å². The molecule has 1 aliphatic rings. The van der Waals surface area contributed by atoms with Crippen LogP contribution in [0, 0.1) is 0 Å². The fourth-order valence-electron chi connectivity index (χ4n) is 2.38. The van der Waals surface area contributed by atoms with Crippen LogP contribution in [0.25, 0.3) is 0 Å². The second kappa shape index (κ2) is 12.1. The van der Waals surface area contributed by atoms with E-state index in [4.69, 9.17) is 46.7 Å². The van der Waals surface area contributed by atoms with Crippen LogP contribution in [-0.2, 0) is 13.7 Å². The molecule has 2 N–H and O–H groups in total. The Morgan fingerprint density at radius 1 is 1.36 bits per heavy atom. The van der Waals surface area contributed by atoms with Crippen molar-refractivity contribution >= 4 is 41.2 Å². The molecule has 1 heterocycles. The van der Waals surface area contributed by atoms with Gasteiger partial charge in [-0.15, -0.1) is 0 Å². The van der Waals surface area contributed by atoms with Gasteiger partial charge in [0.2, 0.25) is 0 Å². The van der Waals surface area contributed by atoms with Gasteiger partial charge in [0.05, 0.1) is 36.0 Å². The zero-order valence-electron chi connectivity index (χ0n) is 16.2. The molecule has 160 valence electrons. The minimum Gasteiger partial charge on any atom is -0.494 e. The second-order valence-electron chi connectivity index (χ2n) is 6.32. The van der Waals surface area contributed by atoms with Crippen LogP contribution in [0.15, 0.2) is 12.1 Å². The van der Waals surface area contributed by atoms with Crippen molar-refractivity contribution in [3.63, 3.8) is 0 Å². The Labute approximate surface area is 179 Å². The van der Waals surface area contributed by atoms with E-state index in [1.165, 1.54) is 13.2 Å². The van der Waals surface area contributed by atoms with E-state index >= 15 is 0 Å². The van der Waals surface area contributed by atoms with Gasteiger partial charge >= 0.3 is 5.97 Å². The fraction of sp³-hybridized carbons (Fsp3) is 0.611. The molecule has 1 aromatic rings. The Balaban J connectivity index is 0.000000480. The Morgan fingerprint density at radius 3 is 2.46 bits per heavy atom. The number of ether oxygens (including phenoxy) is 3. The number of methoxy groups -OCH3 is 1. The van der Waals surface area contributed by atoms with Crippen molar-refractivity contribution in [2.75, 3.05) is 26.6 Å². The Kier molecular flexibility index (Phi) is 10.9. The number of esters is 1. The van der Waals surface area contributed by atoms with Crippen molar-refractivity contribution in [3.8, 4) is 5.75 Å². The molecule has 0 aromatic heterocycles. The predicted octanol–water partition coefficient (Wildman–Crippen LogP) is 3.71. The summed E-state index contributed by atoms with van der Waals surface area (Å²) in [5.74, 6) is -1.42. The summed E-state index contributed by atoms with van der Waals surface area (Å²) in [7, 11) is 1.40. The summed E-state index contributed by atoms with van der Waals surface area (Å²) in [6.45, 7) is 3.81. The highest BCUT2D eigenvalue weighted by Gasteiger charge is 2.27. The molecule has 1 aliphatic heterocycles. The van der Waals surface area contributed by atoms with Gasteiger partial charge < -0.3 is 24.4 Å². The molecule has 0 saturated carbocycles. The molecule has 0 radical (unpaired) electrons. The Hall–Kier alpha value is -0.740. The lowest BCUT2D eigenvalue weighted by Gasteiger charge is -2.15. The van der Waals surface area contributed by atoms with Gasteiger partial charge in [0.15, 0.2) is 11.5 Å². The zero-order valence-corrected chi connectivity index (χ0v) is 18.6. The second-order valence-corrected chi connectivity index (χ2v) is 7.64. The molecule has 2 rings (SSSR count). The van der Waals surface area contributed by atoms with Gasteiger partial charge in [-0.1, -0.05) is 23.2 Å². The molecule has 1 fully saturated rings. The van der Waals surface area contributed by atoms with E-state index in [1.54, 1.807) is 26.2 Å². The van der Waals surface area contributed by atoms with Crippen molar-refractivity contribution in [2.24, 2.45) is 0 Å². The number of hydrogen-bond acceptors (Lipinski definition) is 8. The summed E-state index contributed by atoms with van der Waals surface area (Å²) in [6, 6.07) is 3.05. The fourth-order valence-corrected chi connectivity index (χ4v) is 3.25. The molecule has 28 heavy (non-hydrogen) atoms. The summed E-state index contributed by atoms with van der Waals surface area (Å²) >= 11 is 13.1. The molecule has 7 nitrogen and oxygen atoms in total. The molecular formula is C18H26Cl2O7S. The number of aliphatic hydroxyl groups excluding tert-OH is 1. The largest absolute Gasteiger partial charge is 0.494 e. The number of benzene rings is 1. The monoisotopic (exact) mass is 456 g/mol. The predicted molar refractivity (Wildman–Crippen MR) is 109 cm³/mol. The van der Waals surface area contributed by atoms with E-state index in [-0.39, 0.29) is 34.1 Å². The third-order valence-electron chi connectivity index (χ3n) is 3.56. The van der Waals surface area contributed by atoms with Crippen molar-refractivity contribution < 1.29 is 33.4 Å². The van der Waals surface area contributed by atoms with Crippen LogP contribution in [0.3, 0.4) is 0 Å². The lowest BCUT2D eigenvalue weighted by molar-refractivity contribution is -0.0906. The average molecular weight is 457 g/mol. The third-order valence-corrected chi connectivity index (χ3v) is 4.75. The number of carbonyl (C=O) groups excluding carboxylic acids is 1. The highest BCUT2D eigenvalue weighted by atomic mass is 35.5. The topological polar surface area (TPSA) is 94.5 Å². The zero-order chi connectivity index (χ0) is 21.3. The van der Waals surface area contributed by atoms with Crippen LogP contribution in [0.2, 0.25) is 10.0 Å². The first-order valence-corrected chi connectivity index (χ1v) is 10.4. The third kappa shape index (κ3) is 8.32. The SMILES string of the molecule is COc1c(Cl)ccc(Cl)c1C(=O)OCCC1OCCC1O.CSOC(C)(C)O. The van der Waals surface area contributed by atoms with E-state index in [9.17, 15) is 9.90 Å². The molecule has 1 aromatic carbocycles. The van der Waals surface area contributed by atoms with Gasteiger partial charge in [0.1, 0.15) is 5.56 Å². The Bertz CT molecular complexity index is 637. The molecule has 10 heteroatoms. The highest BCUT2D eigenvalue weighted by molar-refractivity contribution is 7.93. The highest BCUT2D eigenvalue weighted by Crippen LogP contribution is 2.34. The first-order valence-electron chi connectivity index (χ1n) is 8.53. The van der Waals surface area contributed by atoms with Crippen LogP contribution < -0.4 is 4.74 Å². The molecule has 0 spiro atoms. The lowest BCUT2D eigenvalue weighted by atomic mass is 10.1. The van der Waals surface area contributed by atoms with Crippen LogP contribution in [0.1, 0.15) is 37.0 Å². The van der Waals surface area contributed by atoms with E-state index in [0.29, 0.717) is 19.4 Å². The number of carbonyl (C=O) groups is 1. The molecule has 2 unspecified atom stereocenters. The maximum Gasteiger partial charge on any atom is 0.343 e. The normalized spacial score (nSPS) is 19.0. The maximum atomic E-state index is 12.1. The minimum absolute atomic E-state index is 0.0968. The van der Waals surface area contributed by atoms with Gasteiger partial charge in [-0.05, 0) is 44.4 Å². The summed E-state index contributed by atoms with van der Waals surface area (Å²) < 4.78 is 20.3. The van der Waals surface area contributed by atoms with Crippen LogP contribution >= 0.6 is 35.2 Å². The van der Waals surface area contributed by atoms with Gasteiger partial charge in [-0.25, -0.2) is 4.79 Å². The first kappa shape index (κ1) is 25.3. The molecule has 0 amide bonds. The van der Waals surface area contributed by atoms with Crippen molar-refractivity contribution in [2.45, 2.75) is 44.7 Å². The van der Waals surface area contributed by atoms with Crippen LogP contribution in [-0.4, -0.2) is 60.8 Å². The Morgan fingerprint density at radius 2 is 2.00 bits per heavy atom. The van der Waals surface area contributed by atoms with Crippen LogP contribution in [0.5, 0.6) is 5.75 Å². The number of hydrogen-bond donors (Lipinski definition) is 2. The average Bonchev–Trinajstić information content (AvgIpc) is 3.01. The van der Waals surface area contributed by atoms with Gasteiger partial charge in [-0.3, -0.25) is 4.18 Å². The maximum absolute atomic E-state index is 12.1. The molecule has 0 aliphatic carbocycles.